The molecule has 0 bridgehead atoms. The zero-order chi connectivity index (χ0) is 31.1. The normalized spacial score (nSPS) is 11.8. The van der Waals surface area contributed by atoms with Crippen molar-refractivity contribution in [3.8, 4) is 28.6 Å². The van der Waals surface area contributed by atoms with E-state index in [1.165, 1.54) is 10.8 Å². The Balaban J connectivity index is 1.31. The van der Waals surface area contributed by atoms with Gasteiger partial charge in [-0.25, -0.2) is 0 Å². The monoisotopic (exact) mass is 599 g/mol. The molecule has 0 amide bonds. The highest BCUT2D eigenvalue weighted by atomic mass is 16.3. The molecule has 0 N–H and O–H groups in total. The Hall–Kier alpha value is -6.57. The smallest absolute Gasteiger partial charge is 0.145 e. The number of hydrogen-bond acceptors (Lipinski definition) is 2. The van der Waals surface area contributed by atoms with Crippen LogP contribution in [0.1, 0.15) is 5.56 Å². The number of benzene rings is 7. The molecule has 4 heteroatoms. The summed E-state index contributed by atoms with van der Waals surface area (Å²) in [6.07, 6.45) is 0. The van der Waals surface area contributed by atoms with E-state index in [1.54, 1.807) is 0 Å². The third kappa shape index (κ3) is 3.57. The van der Waals surface area contributed by atoms with Crippen LogP contribution in [-0.4, -0.2) is 9.13 Å². The summed E-state index contributed by atoms with van der Waals surface area (Å²) >= 11 is 0. The van der Waals surface area contributed by atoms with Gasteiger partial charge < -0.3 is 13.6 Å². The van der Waals surface area contributed by atoms with E-state index >= 15 is 0 Å². The molecule has 0 saturated carbocycles. The van der Waals surface area contributed by atoms with E-state index in [2.05, 4.69) is 149 Å². The number of hydrogen-bond donors (Lipinski definition) is 0. The molecule has 3 heterocycles. The van der Waals surface area contributed by atoms with Gasteiger partial charge in [0.05, 0.1) is 44.8 Å². The third-order valence-corrected chi connectivity index (χ3v) is 9.55. The first-order valence-electron chi connectivity index (χ1n) is 15.8. The number of furan rings is 1. The molecule has 3 aromatic heterocycles. The second-order valence-electron chi connectivity index (χ2n) is 12.0. The fourth-order valence-corrected chi connectivity index (χ4v) is 7.57. The van der Waals surface area contributed by atoms with Gasteiger partial charge in [0.2, 0.25) is 0 Å². The molecule has 0 aliphatic rings. The van der Waals surface area contributed by atoms with Crippen molar-refractivity contribution < 1.29 is 4.42 Å². The summed E-state index contributed by atoms with van der Waals surface area (Å²) < 4.78 is 11.7. The van der Waals surface area contributed by atoms with E-state index < -0.39 is 0 Å². The Morgan fingerprint density at radius 1 is 0.447 bits per heavy atom. The number of rotatable bonds is 3. The van der Waals surface area contributed by atoms with Gasteiger partial charge in [-0.1, -0.05) is 91.0 Å². The summed E-state index contributed by atoms with van der Waals surface area (Å²) in [6, 6.07) is 55.1. The number of fused-ring (bicyclic) bond motifs is 10. The van der Waals surface area contributed by atoms with E-state index in [0.29, 0.717) is 5.56 Å². The van der Waals surface area contributed by atoms with Crippen LogP contribution < -0.4 is 0 Å². The van der Waals surface area contributed by atoms with E-state index in [1.807, 2.05) is 18.2 Å². The lowest BCUT2D eigenvalue weighted by Gasteiger charge is -2.15. The highest BCUT2D eigenvalue weighted by Crippen LogP contribution is 2.44. The zero-order valence-corrected chi connectivity index (χ0v) is 25.2. The van der Waals surface area contributed by atoms with Crippen molar-refractivity contribution in [2.24, 2.45) is 0 Å². The molecule has 10 aromatic rings. The number of nitriles is 1. The standard InChI is InChI=1S/C43H25N3O/c44-26-27-21-23-39(46-36-18-7-4-13-29(36)30-14-5-8-19-37(30)46)35(25-27)32-17-10-16-31-33-22-24-40-41(43(33)47-42(31)32)34-15-6-9-20-38(34)45(40)28-11-2-1-3-12-28/h1-25H. The van der Waals surface area contributed by atoms with Gasteiger partial charge in [0.25, 0.3) is 0 Å². The first-order valence-corrected chi connectivity index (χ1v) is 15.8. The SMILES string of the molecule is N#Cc1ccc(-n2c3ccccc3c3ccccc32)c(-c2cccc3c2oc2c3ccc3c2c2ccccc2n3-c2ccccc2)c1. The van der Waals surface area contributed by atoms with Crippen LogP contribution in [0.15, 0.2) is 156 Å². The molecule has 0 aliphatic heterocycles. The quantitative estimate of drug-likeness (QED) is 0.203. The number of aromatic nitrogens is 2. The molecule has 0 aliphatic carbocycles. The van der Waals surface area contributed by atoms with Crippen LogP contribution >= 0.6 is 0 Å². The molecule has 0 spiro atoms. The van der Waals surface area contributed by atoms with Crippen LogP contribution in [0, 0.1) is 11.3 Å². The van der Waals surface area contributed by atoms with Gasteiger partial charge >= 0.3 is 0 Å². The highest BCUT2D eigenvalue weighted by Gasteiger charge is 2.22. The van der Waals surface area contributed by atoms with Crippen molar-refractivity contribution in [3.63, 3.8) is 0 Å². The van der Waals surface area contributed by atoms with Gasteiger partial charge in [0.15, 0.2) is 0 Å². The molecule has 47 heavy (non-hydrogen) atoms. The summed E-state index contributed by atoms with van der Waals surface area (Å²) in [5.74, 6) is 0. The molecule has 0 unspecified atom stereocenters. The number of para-hydroxylation sites is 5. The minimum Gasteiger partial charge on any atom is -0.455 e. The largest absolute Gasteiger partial charge is 0.455 e. The Morgan fingerprint density at radius 2 is 1.06 bits per heavy atom. The number of nitrogens with zero attached hydrogens (tertiary/aromatic N) is 3. The Morgan fingerprint density at radius 3 is 1.79 bits per heavy atom. The topological polar surface area (TPSA) is 46.8 Å². The van der Waals surface area contributed by atoms with Crippen molar-refractivity contribution >= 4 is 65.6 Å². The van der Waals surface area contributed by atoms with Crippen molar-refractivity contribution in [2.45, 2.75) is 0 Å². The fourth-order valence-electron chi connectivity index (χ4n) is 7.57. The summed E-state index contributed by atoms with van der Waals surface area (Å²) in [5.41, 5.74) is 10.8. The lowest BCUT2D eigenvalue weighted by molar-refractivity contribution is 0.674. The summed E-state index contributed by atoms with van der Waals surface area (Å²) in [7, 11) is 0. The lowest BCUT2D eigenvalue weighted by atomic mass is 9.98. The summed E-state index contributed by atoms with van der Waals surface area (Å²) in [6.45, 7) is 0. The molecular weight excluding hydrogens is 574 g/mol. The molecule has 10 rings (SSSR count). The average molecular weight is 600 g/mol. The molecule has 0 atom stereocenters. The Labute approximate surface area is 269 Å². The zero-order valence-electron chi connectivity index (χ0n) is 25.2. The van der Waals surface area contributed by atoms with Gasteiger partial charge in [0.1, 0.15) is 11.2 Å². The third-order valence-electron chi connectivity index (χ3n) is 9.55. The lowest BCUT2D eigenvalue weighted by Crippen LogP contribution is -1.98. The summed E-state index contributed by atoms with van der Waals surface area (Å²) in [4.78, 5) is 0. The second-order valence-corrected chi connectivity index (χ2v) is 12.0. The molecule has 0 saturated heterocycles. The predicted molar refractivity (Wildman–Crippen MR) is 193 cm³/mol. The van der Waals surface area contributed by atoms with Crippen LogP contribution in [0.2, 0.25) is 0 Å². The van der Waals surface area contributed by atoms with E-state index in [0.717, 1.165) is 77.3 Å². The average Bonchev–Trinajstić information content (AvgIpc) is 3.79. The van der Waals surface area contributed by atoms with E-state index in [9.17, 15) is 5.26 Å². The van der Waals surface area contributed by atoms with Crippen LogP contribution in [0.3, 0.4) is 0 Å². The van der Waals surface area contributed by atoms with Gasteiger partial charge in [-0.3, -0.25) is 0 Å². The van der Waals surface area contributed by atoms with Crippen LogP contribution in [-0.2, 0) is 0 Å². The van der Waals surface area contributed by atoms with E-state index in [-0.39, 0.29) is 0 Å². The maximum Gasteiger partial charge on any atom is 0.145 e. The first kappa shape index (κ1) is 25.7. The van der Waals surface area contributed by atoms with Crippen LogP contribution in [0.25, 0.3) is 88.1 Å². The Kier molecular flexibility index (Phi) is 5.32. The van der Waals surface area contributed by atoms with Crippen LogP contribution in [0.4, 0.5) is 0 Å². The van der Waals surface area contributed by atoms with Crippen molar-refractivity contribution in [1.29, 1.82) is 5.26 Å². The van der Waals surface area contributed by atoms with E-state index in [4.69, 9.17) is 4.42 Å². The van der Waals surface area contributed by atoms with Crippen molar-refractivity contribution in [2.75, 3.05) is 0 Å². The molecule has 0 fully saturated rings. The van der Waals surface area contributed by atoms with Gasteiger partial charge in [0, 0.05) is 43.7 Å². The van der Waals surface area contributed by atoms with Crippen molar-refractivity contribution in [3.05, 3.63) is 157 Å². The maximum atomic E-state index is 10.0. The fraction of sp³-hybridized carbons (Fsp3) is 0. The molecule has 4 nitrogen and oxygen atoms in total. The predicted octanol–water partition coefficient (Wildman–Crippen LogP) is 11.3. The molecule has 218 valence electrons. The minimum atomic E-state index is 0.603. The van der Waals surface area contributed by atoms with Crippen molar-refractivity contribution in [1.82, 2.24) is 9.13 Å². The first-order chi connectivity index (χ1) is 23.3. The molecular formula is C43H25N3O. The van der Waals surface area contributed by atoms with Gasteiger partial charge in [-0.2, -0.15) is 5.26 Å². The Bertz CT molecular complexity index is 2860. The molecule has 7 aromatic carbocycles. The minimum absolute atomic E-state index is 0.603. The highest BCUT2D eigenvalue weighted by molar-refractivity contribution is 6.25. The second kappa shape index (κ2) is 9.71. The maximum absolute atomic E-state index is 10.0. The van der Waals surface area contributed by atoms with Gasteiger partial charge in [-0.05, 0) is 60.7 Å². The van der Waals surface area contributed by atoms with Gasteiger partial charge in [-0.15, -0.1) is 0 Å². The molecule has 0 radical (unpaired) electrons. The van der Waals surface area contributed by atoms with Crippen LogP contribution in [0.5, 0.6) is 0 Å². The summed E-state index contributed by atoms with van der Waals surface area (Å²) in [5, 5.41) is 16.8.